The van der Waals surface area contributed by atoms with Gasteiger partial charge in [0.05, 0.1) is 16.0 Å². The minimum Gasteiger partial charge on any atom is -0.459 e. The molecule has 0 aliphatic carbocycles. The minimum absolute atomic E-state index is 0.00684. The number of pyridine rings is 1. The van der Waals surface area contributed by atoms with Gasteiger partial charge in [-0.1, -0.05) is 24.3 Å². The van der Waals surface area contributed by atoms with E-state index in [0.717, 1.165) is 0 Å². The lowest BCUT2D eigenvalue weighted by molar-refractivity contribution is -0.384. The van der Waals surface area contributed by atoms with E-state index in [1.807, 2.05) is 12.1 Å². The highest BCUT2D eigenvalue weighted by Gasteiger charge is 2.14. The zero-order valence-electron chi connectivity index (χ0n) is 15.3. The quantitative estimate of drug-likeness (QED) is 0.224. The number of nitrogens with zero attached hydrogens (tertiary/aromatic N) is 2. The van der Waals surface area contributed by atoms with E-state index >= 15 is 0 Å². The summed E-state index contributed by atoms with van der Waals surface area (Å²) in [5.41, 5.74) is 1.86. The van der Waals surface area contributed by atoms with Crippen LogP contribution in [0.2, 0.25) is 0 Å². The maximum absolute atomic E-state index is 12.7. The van der Waals surface area contributed by atoms with Crippen LogP contribution in [0.25, 0.3) is 21.8 Å². The van der Waals surface area contributed by atoms with E-state index < -0.39 is 10.9 Å². The van der Waals surface area contributed by atoms with Gasteiger partial charge in [0.15, 0.2) is 5.43 Å². The van der Waals surface area contributed by atoms with E-state index in [-0.39, 0.29) is 24.3 Å². The van der Waals surface area contributed by atoms with Gasteiger partial charge in [-0.15, -0.1) is 0 Å². The summed E-state index contributed by atoms with van der Waals surface area (Å²) in [6.45, 7) is -0.0544. The highest BCUT2D eigenvalue weighted by atomic mass is 16.6. The summed E-state index contributed by atoms with van der Waals surface area (Å²) >= 11 is 0. The summed E-state index contributed by atoms with van der Waals surface area (Å²) in [5.74, 6) is -0.470. The van der Waals surface area contributed by atoms with Crippen molar-refractivity contribution in [1.29, 1.82) is 0 Å². The number of nitro groups is 1. The first kappa shape index (κ1) is 18.4. The Morgan fingerprint density at radius 1 is 0.897 bits per heavy atom. The number of aromatic nitrogens is 1. The molecule has 0 saturated heterocycles. The van der Waals surface area contributed by atoms with Gasteiger partial charge in [-0.05, 0) is 42.0 Å². The molecule has 0 aliphatic heterocycles. The second-order valence-electron chi connectivity index (χ2n) is 6.53. The minimum atomic E-state index is -0.484. The number of non-ortho nitro benzene ring substituents is 1. The zero-order valence-corrected chi connectivity index (χ0v) is 15.3. The first-order chi connectivity index (χ1) is 14.0. The smallest absolute Gasteiger partial charge is 0.326 e. The number of ether oxygens (including phenoxy) is 1. The topological polar surface area (TPSA) is 91.4 Å². The molecule has 144 valence electrons. The molecule has 1 aromatic heterocycles. The average Bonchev–Trinajstić information content (AvgIpc) is 2.75. The molecule has 0 radical (unpaired) electrons. The normalized spacial score (nSPS) is 10.9. The molecule has 0 bridgehead atoms. The first-order valence-electron chi connectivity index (χ1n) is 8.94. The van der Waals surface area contributed by atoms with Crippen LogP contribution in [0.4, 0.5) is 5.69 Å². The lowest BCUT2D eigenvalue weighted by atomic mass is 10.1. The molecule has 0 amide bonds. The number of para-hydroxylation sites is 2. The van der Waals surface area contributed by atoms with Gasteiger partial charge >= 0.3 is 5.97 Å². The Morgan fingerprint density at radius 2 is 1.45 bits per heavy atom. The molecule has 0 fully saturated rings. The second-order valence-corrected chi connectivity index (χ2v) is 6.53. The van der Waals surface area contributed by atoms with Crippen LogP contribution in [0.15, 0.2) is 77.6 Å². The molecule has 3 aromatic carbocycles. The monoisotopic (exact) mass is 388 g/mol. The van der Waals surface area contributed by atoms with Gasteiger partial charge in [-0.2, -0.15) is 0 Å². The Bertz CT molecular complexity index is 1230. The van der Waals surface area contributed by atoms with E-state index in [9.17, 15) is 19.7 Å². The second kappa shape index (κ2) is 7.55. The van der Waals surface area contributed by atoms with Crippen molar-refractivity contribution in [3.05, 3.63) is 98.7 Å². The fourth-order valence-electron chi connectivity index (χ4n) is 3.30. The maximum Gasteiger partial charge on any atom is 0.326 e. The van der Waals surface area contributed by atoms with Crippen molar-refractivity contribution in [1.82, 2.24) is 4.57 Å². The van der Waals surface area contributed by atoms with E-state index in [1.54, 1.807) is 53.1 Å². The van der Waals surface area contributed by atoms with E-state index in [2.05, 4.69) is 0 Å². The number of benzene rings is 3. The molecular weight excluding hydrogens is 372 g/mol. The van der Waals surface area contributed by atoms with Gasteiger partial charge in [0.1, 0.15) is 13.2 Å². The molecule has 1 heterocycles. The molecule has 0 atom stereocenters. The van der Waals surface area contributed by atoms with Crippen molar-refractivity contribution in [3.8, 4) is 0 Å². The van der Waals surface area contributed by atoms with Crippen LogP contribution in [0.5, 0.6) is 0 Å². The molecule has 4 aromatic rings. The van der Waals surface area contributed by atoms with E-state index in [1.165, 1.54) is 12.1 Å². The predicted octanol–water partition coefficient (Wildman–Crippen LogP) is 3.81. The largest absolute Gasteiger partial charge is 0.459 e. The third-order valence-corrected chi connectivity index (χ3v) is 4.71. The summed E-state index contributed by atoms with van der Waals surface area (Å²) < 4.78 is 7.12. The molecular formula is C22H16N2O5. The molecule has 4 rings (SSSR count). The van der Waals surface area contributed by atoms with Gasteiger partial charge < -0.3 is 9.30 Å². The van der Waals surface area contributed by atoms with Gasteiger partial charge in [0.25, 0.3) is 5.69 Å². The molecule has 7 nitrogen and oxygen atoms in total. The van der Waals surface area contributed by atoms with Crippen LogP contribution in [0, 0.1) is 10.1 Å². The fourth-order valence-corrected chi connectivity index (χ4v) is 3.30. The highest BCUT2D eigenvalue weighted by molar-refractivity contribution is 5.94. The number of hydrogen-bond acceptors (Lipinski definition) is 5. The van der Waals surface area contributed by atoms with Gasteiger partial charge in [-0.25, -0.2) is 0 Å². The van der Waals surface area contributed by atoms with Crippen molar-refractivity contribution in [2.45, 2.75) is 13.2 Å². The van der Waals surface area contributed by atoms with Crippen LogP contribution < -0.4 is 5.43 Å². The molecule has 7 heteroatoms. The summed E-state index contributed by atoms with van der Waals surface area (Å²) in [7, 11) is 0. The summed E-state index contributed by atoms with van der Waals surface area (Å²) in [5, 5.41) is 11.8. The SMILES string of the molecule is O=C(Cn1c2ccccc2c(=O)c2ccccc21)OCc1ccc([N+](=O)[O-])cc1. The standard InChI is InChI=1S/C22H16N2O5/c25-21(29-14-15-9-11-16(12-10-15)24(27)28)13-23-19-7-3-1-5-17(19)22(26)18-6-2-4-8-20(18)23/h1-12H,13-14H2. The third kappa shape index (κ3) is 3.58. The van der Waals surface area contributed by atoms with Gasteiger partial charge in [0, 0.05) is 22.9 Å². The Labute approximate surface area is 164 Å². The van der Waals surface area contributed by atoms with Crippen molar-refractivity contribution >= 4 is 33.5 Å². The first-order valence-corrected chi connectivity index (χ1v) is 8.94. The lowest BCUT2D eigenvalue weighted by Crippen LogP contribution is -2.18. The molecule has 0 aliphatic rings. The fraction of sp³-hybridized carbons (Fsp3) is 0.0909. The van der Waals surface area contributed by atoms with Crippen LogP contribution in [-0.2, 0) is 22.7 Å². The van der Waals surface area contributed by atoms with Gasteiger partial charge in [0.2, 0.25) is 0 Å². The van der Waals surface area contributed by atoms with E-state index in [0.29, 0.717) is 27.4 Å². The molecule has 0 unspecified atom stereocenters. The number of rotatable bonds is 5. The number of hydrogen-bond donors (Lipinski definition) is 0. The number of carbonyl (C=O) groups excluding carboxylic acids is 1. The summed E-state index contributed by atoms with van der Waals surface area (Å²) in [4.78, 5) is 35.5. The average molecular weight is 388 g/mol. The summed E-state index contributed by atoms with van der Waals surface area (Å²) in [6, 6.07) is 20.1. The Morgan fingerprint density at radius 3 is 2.00 bits per heavy atom. The number of fused-ring (bicyclic) bond motifs is 2. The number of esters is 1. The highest BCUT2D eigenvalue weighted by Crippen LogP contribution is 2.19. The van der Waals surface area contributed by atoms with Crippen LogP contribution >= 0.6 is 0 Å². The summed E-state index contributed by atoms with van der Waals surface area (Å²) in [6.07, 6.45) is 0. The van der Waals surface area contributed by atoms with Crippen molar-refractivity contribution in [3.63, 3.8) is 0 Å². The van der Waals surface area contributed by atoms with E-state index in [4.69, 9.17) is 4.74 Å². The number of carbonyl (C=O) groups is 1. The molecule has 0 N–H and O–H groups in total. The predicted molar refractivity (Wildman–Crippen MR) is 109 cm³/mol. The molecule has 29 heavy (non-hydrogen) atoms. The number of nitro benzene ring substituents is 1. The van der Waals surface area contributed by atoms with Crippen molar-refractivity contribution in [2.24, 2.45) is 0 Å². The zero-order chi connectivity index (χ0) is 20.4. The molecule has 0 saturated carbocycles. The van der Waals surface area contributed by atoms with Crippen LogP contribution in [0.1, 0.15) is 5.56 Å². The van der Waals surface area contributed by atoms with Crippen LogP contribution in [-0.4, -0.2) is 15.5 Å². The molecule has 0 spiro atoms. The van der Waals surface area contributed by atoms with Crippen molar-refractivity contribution in [2.75, 3.05) is 0 Å². The Kier molecular flexibility index (Phi) is 4.78. The Hall–Kier alpha value is -4.00. The van der Waals surface area contributed by atoms with Crippen LogP contribution in [0.3, 0.4) is 0 Å². The van der Waals surface area contributed by atoms with Crippen molar-refractivity contribution < 1.29 is 14.5 Å². The lowest BCUT2D eigenvalue weighted by Gasteiger charge is -2.14. The maximum atomic E-state index is 12.7. The van der Waals surface area contributed by atoms with Gasteiger partial charge in [-0.3, -0.25) is 19.7 Å². The third-order valence-electron chi connectivity index (χ3n) is 4.71. The Balaban J connectivity index is 1.61.